The number of piperazine rings is 1. The van der Waals surface area contributed by atoms with Crippen LogP contribution in [0.5, 0.6) is 5.75 Å². The summed E-state index contributed by atoms with van der Waals surface area (Å²) >= 11 is 1.29. The summed E-state index contributed by atoms with van der Waals surface area (Å²) in [6.45, 7) is 1.71. The van der Waals surface area contributed by atoms with Crippen molar-refractivity contribution in [1.29, 1.82) is 0 Å². The highest BCUT2D eigenvalue weighted by atomic mass is 32.1. The molecule has 0 atom stereocenters. The second-order valence-corrected chi connectivity index (χ2v) is 7.14. The van der Waals surface area contributed by atoms with E-state index in [0.29, 0.717) is 41.8 Å². The first-order valence-corrected chi connectivity index (χ1v) is 9.31. The second-order valence-electron chi connectivity index (χ2n) is 6.11. The molecule has 8 heteroatoms. The van der Waals surface area contributed by atoms with Crippen molar-refractivity contribution in [3.05, 3.63) is 59.3 Å². The van der Waals surface area contributed by atoms with Crippen LogP contribution in [0.3, 0.4) is 0 Å². The van der Waals surface area contributed by atoms with E-state index in [9.17, 15) is 14.7 Å². The van der Waals surface area contributed by atoms with E-state index in [1.807, 2.05) is 0 Å². The Morgan fingerprint density at radius 2 is 1.70 bits per heavy atom. The Hall–Kier alpha value is -3.13. The van der Waals surface area contributed by atoms with E-state index in [1.165, 1.54) is 17.4 Å². The summed E-state index contributed by atoms with van der Waals surface area (Å²) in [5.74, 6) is 0.284. The zero-order valence-electron chi connectivity index (χ0n) is 14.4. The Kier molecular flexibility index (Phi) is 4.64. The molecular weight excluding hydrogens is 366 g/mol. The highest BCUT2D eigenvalue weighted by Crippen LogP contribution is 2.26. The molecule has 2 aromatic heterocycles. The summed E-state index contributed by atoms with van der Waals surface area (Å²) in [5, 5.41) is 10.5. The molecule has 1 saturated heterocycles. The van der Waals surface area contributed by atoms with Crippen LogP contribution >= 0.6 is 11.3 Å². The SMILES string of the molecule is O=C(c1cnc(-c2ccco2)s1)N1CCN(C(=O)c2ccccc2O)CC1. The van der Waals surface area contributed by atoms with Crippen molar-refractivity contribution in [2.24, 2.45) is 0 Å². The van der Waals surface area contributed by atoms with Gasteiger partial charge in [-0.15, -0.1) is 11.3 Å². The van der Waals surface area contributed by atoms with Gasteiger partial charge in [-0.3, -0.25) is 9.59 Å². The molecule has 3 heterocycles. The van der Waals surface area contributed by atoms with Crippen LogP contribution in [-0.2, 0) is 0 Å². The van der Waals surface area contributed by atoms with Gasteiger partial charge in [0.25, 0.3) is 11.8 Å². The number of hydrogen-bond donors (Lipinski definition) is 1. The first kappa shape index (κ1) is 17.3. The molecule has 0 unspecified atom stereocenters. The fraction of sp³-hybridized carbons (Fsp3) is 0.211. The Balaban J connectivity index is 1.40. The average Bonchev–Trinajstić information content (AvgIpc) is 3.39. The molecule has 3 aromatic rings. The van der Waals surface area contributed by atoms with Crippen LogP contribution in [0.15, 0.2) is 53.3 Å². The Labute approximate surface area is 159 Å². The third kappa shape index (κ3) is 3.43. The molecular formula is C19H17N3O4S. The van der Waals surface area contributed by atoms with E-state index in [-0.39, 0.29) is 23.1 Å². The Morgan fingerprint density at radius 1 is 1.00 bits per heavy atom. The molecule has 27 heavy (non-hydrogen) atoms. The predicted molar refractivity (Wildman–Crippen MR) is 99.7 cm³/mol. The molecule has 0 radical (unpaired) electrons. The summed E-state index contributed by atoms with van der Waals surface area (Å²) in [6, 6.07) is 10.1. The van der Waals surface area contributed by atoms with E-state index >= 15 is 0 Å². The van der Waals surface area contributed by atoms with Crippen LogP contribution < -0.4 is 0 Å². The molecule has 0 saturated carbocycles. The summed E-state index contributed by atoms with van der Waals surface area (Å²) in [5.41, 5.74) is 0.280. The topological polar surface area (TPSA) is 86.9 Å². The standard InChI is InChI=1S/C19H17N3O4S/c23-14-5-2-1-4-13(14)18(24)21-7-9-22(10-8-21)19(25)16-12-20-17(27-16)15-6-3-11-26-15/h1-6,11-12,23H,7-10H2. The van der Waals surface area contributed by atoms with E-state index in [4.69, 9.17) is 4.42 Å². The number of thiazole rings is 1. The van der Waals surface area contributed by atoms with Gasteiger partial charge in [0, 0.05) is 26.2 Å². The van der Waals surface area contributed by atoms with E-state index < -0.39 is 0 Å². The number of carbonyl (C=O) groups excluding carboxylic acids is 2. The summed E-state index contributed by atoms with van der Waals surface area (Å²) in [7, 11) is 0. The molecule has 1 aromatic carbocycles. The number of benzene rings is 1. The fourth-order valence-corrected chi connectivity index (χ4v) is 3.83. The van der Waals surface area contributed by atoms with Crippen molar-refractivity contribution in [3.63, 3.8) is 0 Å². The van der Waals surface area contributed by atoms with Gasteiger partial charge in [-0.2, -0.15) is 0 Å². The van der Waals surface area contributed by atoms with Gasteiger partial charge in [0.15, 0.2) is 10.8 Å². The average molecular weight is 383 g/mol. The van der Waals surface area contributed by atoms with Gasteiger partial charge in [-0.05, 0) is 24.3 Å². The lowest BCUT2D eigenvalue weighted by atomic mass is 10.1. The van der Waals surface area contributed by atoms with Crippen molar-refractivity contribution in [2.45, 2.75) is 0 Å². The zero-order valence-corrected chi connectivity index (χ0v) is 15.2. The number of aromatic nitrogens is 1. The predicted octanol–water partition coefficient (Wildman–Crippen LogP) is 2.71. The van der Waals surface area contributed by atoms with E-state index in [2.05, 4.69) is 4.98 Å². The minimum absolute atomic E-state index is 0.0314. The monoisotopic (exact) mass is 383 g/mol. The number of carbonyl (C=O) groups is 2. The first-order valence-electron chi connectivity index (χ1n) is 8.50. The molecule has 1 fully saturated rings. The normalized spacial score (nSPS) is 14.4. The molecule has 138 valence electrons. The van der Waals surface area contributed by atoms with Crippen LogP contribution in [0.4, 0.5) is 0 Å². The minimum Gasteiger partial charge on any atom is -0.507 e. The van der Waals surface area contributed by atoms with E-state index in [1.54, 1.807) is 52.6 Å². The number of nitrogens with zero attached hydrogens (tertiary/aromatic N) is 3. The first-order chi connectivity index (χ1) is 13.1. The molecule has 1 aliphatic rings. The zero-order chi connectivity index (χ0) is 18.8. The number of para-hydroxylation sites is 1. The molecule has 4 rings (SSSR count). The van der Waals surface area contributed by atoms with Crippen molar-refractivity contribution < 1.29 is 19.1 Å². The molecule has 0 spiro atoms. The van der Waals surface area contributed by atoms with Gasteiger partial charge in [-0.25, -0.2) is 4.98 Å². The lowest BCUT2D eigenvalue weighted by molar-refractivity contribution is 0.0536. The summed E-state index contributed by atoms with van der Waals surface area (Å²) in [4.78, 5) is 33.4. The maximum Gasteiger partial charge on any atom is 0.265 e. The molecule has 0 aliphatic carbocycles. The van der Waals surface area contributed by atoms with Gasteiger partial charge in [-0.1, -0.05) is 12.1 Å². The van der Waals surface area contributed by atoms with Crippen molar-refractivity contribution >= 4 is 23.2 Å². The number of furan rings is 1. The van der Waals surface area contributed by atoms with Crippen molar-refractivity contribution in [2.75, 3.05) is 26.2 Å². The minimum atomic E-state index is -0.224. The summed E-state index contributed by atoms with van der Waals surface area (Å²) < 4.78 is 5.31. The summed E-state index contributed by atoms with van der Waals surface area (Å²) in [6.07, 6.45) is 3.13. The molecule has 7 nitrogen and oxygen atoms in total. The molecule has 1 aliphatic heterocycles. The van der Waals surface area contributed by atoms with Gasteiger partial charge in [0.1, 0.15) is 10.6 Å². The largest absolute Gasteiger partial charge is 0.507 e. The number of rotatable bonds is 3. The second kappa shape index (κ2) is 7.24. The Bertz CT molecular complexity index is 959. The van der Waals surface area contributed by atoms with Crippen LogP contribution in [0.1, 0.15) is 20.0 Å². The highest BCUT2D eigenvalue weighted by molar-refractivity contribution is 7.16. The lowest BCUT2D eigenvalue weighted by Gasteiger charge is -2.34. The quantitative estimate of drug-likeness (QED) is 0.751. The van der Waals surface area contributed by atoms with Gasteiger partial charge >= 0.3 is 0 Å². The Morgan fingerprint density at radius 3 is 2.37 bits per heavy atom. The number of aromatic hydroxyl groups is 1. The van der Waals surface area contributed by atoms with Crippen LogP contribution in [-0.4, -0.2) is 57.9 Å². The van der Waals surface area contributed by atoms with Crippen molar-refractivity contribution in [1.82, 2.24) is 14.8 Å². The maximum atomic E-state index is 12.7. The molecule has 2 amide bonds. The van der Waals surface area contributed by atoms with Gasteiger partial charge in [0.2, 0.25) is 0 Å². The van der Waals surface area contributed by atoms with Crippen LogP contribution in [0.2, 0.25) is 0 Å². The molecule has 0 bridgehead atoms. The maximum absolute atomic E-state index is 12.7. The van der Waals surface area contributed by atoms with Crippen molar-refractivity contribution in [3.8, 4) is 16.5 Å². The van der Waals surface area contributed by atoms with E-state index in [0.717, 1.165) is 0 Å². The fourth-order valence-electron chi connectivity index (χ4n) is 2.98. The molecule has 1 N–H and O–H groups in total. The third-order valence-electron chi connectivity index (χ3n) is 4.44. The van der Waals surface area contributed by atoms with Crippen LogP contribution in [0.25, 0.3) is 10.8 Å². The van der Waals surface area contributed by atoms with Gasteiger partial charge in [0.05, 0.1) is 18.0 Å². The third-order valence-corrected chi connectivity index (χ3v) is 5.44. The number of hydrogen-bond acceptors (Lipinski definition) is 6. The smallest absolute Gasteiger partial charge is 0.265 e. The number of phenolic OH excluding ortho intramolecular Hbond substituents is 1. The highest BCUT2D eigenvalue weighted by Gasteiger charge is 2.27. The van der Waals surface area contributed by atoms with Gasteiger partial charge < -0.3 is 19.3 Å². The lowest BCUT2D eigenvalue weighted by Crippen LogP contribution is -2.50. The van der Waals surface area contributed by atoms with Crippen LogP contribution in [0, 0.1) is 0 Å². The number of phenols is 1. The number of amides is 2.